The van der Waals surface area contributed by atoms with Gasteiger partial charge in [0.05, 0.1) is 16.8 Å². The van der Waals surface area contributed by atoms with Crippen LogP contribution in [0.2, 0.25) is 0 Å². The van der Waals surface area contributed by atoms with Gasteiger partial charge in [0.25, 0.3) is 11.8 Å². The van der Waals surface area contributed by atoms with E-state index in [1.165, 1.54) is 0 Å². The summed E-state index contributed by atoms with van der Waals surface area (Å²) in [5, 5.41) is 0. The minimum Gasteiger partial charge on any atom is -0.456 e. The SMILES string of the molecule is C#Cc1ccc(N2C(=O)c3cccc(Oc4cccc(C#C)c4)c3C2=O)cc1. The summed E-state index contributed by atoms with van der Waals surface area (Å²) in [6.45, 7) is 0. The predicted octanol–water partition coefficient (Wildman–Crippen LogP) is 4.24. The van der Waals surface area contributed by atoms with E-state index in [0.29, 0.717) is 28.3 Å². The van der Waals surface area contributed by atoms with E-state index >= 15 is 0 Å². The van der Waals surface area contributed by atoms with E-state index in [4.69, 9.17) is 17.6 Å². The Balaban J connectivity index is 1.73. The van der Waals surface area contributed by atoms with E-state index in [9.17, 15) is 9.59 Å². The molecule has 1 heterocycles. The number of anilines is 1. The first-order valence-electron chi connectivity index (χ1n) is 8.45. The third kappa shape index (κ3) is 2.80. The molecule has 4 nitrogen and oxygen atoms in total. The summed E-state index contributed by atoms with van der Waals surface area (Å²) in [5.74, 6) is 4.98. The maximum atomic E-state index is 13.0. The number of carbonyl (C=O) groups is 2. The molecule has 1 aliphatic heterocycles. The first kappa shape index (κ1) is 17.1. The second-order valence-corrected chi connectivity index (χ2v) is 6.09. The van der Waals surface area contributed by atoms with Crippen molar-refractivity contribution in [2.75, 3.05) is 4.90 Å². The van der Waals surface area contributed by atoms with Crippen molar-refractivity contribution in [2.24, 2.45) is 0 Å². The van der Waals surface area contributed by atoms with E-state index in [1.54, 1.807) is 66.7 Å². The highest BCUT2D eigenvalue weighted by atomic mass is 16.5. The predicted molar refractivity (Wildman–Crippen MR) is 106 cm³/mol. The molecule has 0 fully saturated rings. The van der Waals surface area contributed by atoms with Crippen molar-refractivity contribution < 1.29 is 14.3 Å². The average molecular weight is 363 g/mol. The molecule has 0 saturated heterocycles. The van der Waals surface area contributed by atoms with Gasteiger partial charge < -0.3 is 4.74 Å². The molecule has 0 aliphatic carbocycles. The third-order valence-corrected chi connectivity index (χ3v) is 4.40. The number of carbonyl (C=O) groups excluding carboxylic acids is 2. The molecular weight excluding hydrogens is 350 g/mol. The van der Waals surface area contributed by atoms with Crippen LogP contribution in [0.25, 0.3) is 0 Å². The largest absolute Gasteiger partial charge is 0.456 e. The number of benzene rings is 3. The van der Waals surface area contributed by atoms with E-state index in [1.807, 2.05) is 0 Å². The monoisotopic (exact) mass is 363 g/mol. The van der Waals surface area contributed by atoms with E-state index < -0.39 is 11.8 Å². The summed E-state index contributed by atoms with van der Waals surface area (Å²) < 4.78 is 5.88. The van der Waals surface area contributed by atoms with Crippen LogP contribution in [0.3, 0.4) is 0 Å². The lowest BCUT2D eigenvalue weighted by Crippen LogP contribution is -2.29. The molecular formula is C24H13NO3. The van der Waals surface area contributed by atoms with Crippen LogP contribution in [0, 0.1) is 24.7 Å². The minimum absolute atomic E-state index is 0.222. The first-order chi connectivity index (χ1) is 13.6. The second-order valence-electron chi connectivity index (χ2n) is 6.09. The van der Waals surface area contributed by atoms with Gasteiger partial charge in [-0.3, -0.25) is 9.59 Å². The van der Waals surface area contributed by atoms with Gasteiger partial charge in [0, 0.05) is 11.1 Å². The van der Waals surface area contributed by atoms with Gasteiger partial charge in [0.2, 0.25) is 0 Å². The Kier molecular flexibility index (Phi) is 4.16. The molecule has 0 aromatic heterocycles. The lowest BCUT2D eigenvalue weighted by molar-refractivity contribution is 0.0925. The Bertz CT molecular complexity index is 1190. The number of nitrogens with zero attached hydrogens (tertiary/aromatic N) is 1. The quantitative estimate of drug-likeness (QED) is 0.516. The number of rotatable bonds is 3. The molecule has 4 heteroatoms. The highest BCUT2D eigenvalue weighted by Crippen LogP contribution is 2.36. The molecule has 28 heavy (non-hydrogen) atoms. The number of terminal acetylenes is 2. The zero-order chi connectivity index (χ0) is 19.7. The molecule has 0 unspecified atom stereocenters. The van der Waals surface area contributed by atoms with Crippen molar-refractivity contribution in [3.8, 4) is 36.2 Å². The Morgan fingerprint density at radius 2 is 1.50 bits per heavy atom. The van der Waals surface area contributed by atoms with Gasteiger partial charge >= 0.3 is 0 Å². The summed E-state index contributed by atoms with van der Waals surface area (Å²) in [6, 6.07) is 18.6. The molecule has 1 aliphatic rings. The van der Waals surface area contributed by atoms with Crippen molar-refractivity contribution in [2.45, 2.75) is 0 Å². The van der Waals surface area contributed by atoms with Crippen molar-refractivity contribution in [1.82, 2.24) is 0 Å². The maximum absolute atomic E-state index is 13.0. The van der Waals surface area contributed by atoms with Gasteiger partial charge in [0.1, 0.15) is 11.5 Å². The number of hydrogen-bond acceptors (Lipinski definition) is 3. The number of hydrogen-bond donors (Lipinski definition) is 0. The fourth-order valence-electron chi connectivity index (χ4n) is 3.06. The molecule has 2 amide bonds. The van der Waals surface area contributed by atoms with Gasteiger partial charge in [-0.25, -0.2) is 4.90 Å². The van der Waals surface area contributed by atoms with Crippen molar-refractivity contribution in [3.05, 3.63) is 89.0 Å². The highest BCUT2D eigenvalue weighted by Gasteiger charge is 2.39. The standard InChI is InChI=1S/C24H13NO3/c1-3-16-11-13-18(14-12-16)25-23(26)20-9-6-10-21(22(20)24(25)27)28-19-8-5-7-17(4-2)15-19/h1-2,5-15H. The first-order valence-corrected chi connectivity index (χ1v) is 8.45. The third-order valence-electron chi connectivity index (χ3n) is 4.40. The Morgan fingerprint density at radius 3 is 2.21 bits per heavy atom. The maximum Gasteiger partial charge on any atom is 0.269 e. The van der Waals surface area contributed by atoms with Crippen LogP contribution in [0.4, 0.5) is 5.69 Å². The van der Waals surface area contributed by atoms with Gasteiger partial charge in [-0.2, -0.15) is 0 Å². The van der Waals surface area contributed by atoms with E-state index in [2.05, 4.69) is 11.8 Å². The fourth-order valence-corrected chi connectivity index (χ4v) is 3.06. The summed E-state index contributed by atoms with van der Waals surface area (Å²) in [4.78, 5) is 27.0. The minimum atomic E-state index is -0.447. The molecule has 0 saturated carbocycles. The van der Waals surface area contributed by atoms with Gasteiger partial charge in [0.15, 0.2) is 0 Å². The number of fused-ring (bicyclic) bond motifs is 1. The van der Waals surface area contributed by atoms with Crippen LogP contribution in [0.15, 0.2) is 66.7 Å². The van der Waals surface area contributed by atoms with E-state index in [0.717, 1.165) is 4.90 Å². The zero-order valence-corrected chi connectivity index (χ0v) is 14.7. The van der Waals surface area contributed by atoms with Crippen molar-refractivity contribution in [1.29, 1.82) is 0 Å². The van der Waals surface area contributed by atoms with Crippen molar-refractivity contribution >= 4 is 17.5 Å². The lowest BCUT2D eigenvalue weighted by atomic mass is 10.1. The fraction of sp³-hybridized carbons (Fsp3) is 0. The average Bonchev–Trinajstić information content (AvgIpc) is 2.99. The number of amides is 2. The number of imide groups is 1. The molecule has 0 spiro atoms. The van der Waals surface area contributed by atoms with Gasteiger partial charge in [-0.15, -0.1) is 12.8 Å². The van der Waals surface area contributed by atoms with Crippen LogP contribution >= 0.6 is 0 Å². The van der Waals surface area contributed by atoms with Crippen LogP contribution in [-0.2, 0) is 0 Å². The number of ether oxygens (including phenoxy) is 1. The van der Waals surface area contributed by atoms with E-state index in [-0.39, 0.29) is 11.1 Å². The van der Waals surface area contributed by atoms with Crippen LogP contribution in [0.1, 0.15) is 31.8 Å². The molecule has 0 atom stereocenters. The van der Waals surface area contributed by atoms with Crippen LogP contribution in [-0.4, -0.2) is 11.8 Å². The van der Waals surface area contributed by atoms with Gasteiger partial charge in [-0.05, 0) is 54.6 Å². The molecule has 0 N–H and O–H groups in total. The van der Waals surface area contributed by atoms with Crippen LogP contribution in [0.5, 0.6) is 11.5 Å². The Labute approximate surface area is 162 Å². The topological polar surface area (TPSA) is 46.6 Å². The normalized spacial score (nSPS) is 12.3. The Morgan fingerprint density at radius 1 is 0.786 bits per heavy atom. The highest BCUT2D eigenvalue weighted by molar-refractivity contribution is 6.35. The summed E-state index contributed by atoms with van der Waals surface area (Å²) >= 11 is 0. The lowest BCUT2D eigenvalue weighted by Gasteiger charge is -2.14. The smallest absolute Gasteiger partial charge is 0.269 e. The molecule has 4 rings (SSSR count). The summed E-state index contributed by atoms with van der Waals surface area (Å²) in [5.41, 5.74) is 2.28. The molecule has 0 radical (unpaired) electrons. The molecule has 132 valence electrons. The van der Waals surface area contributed by atoms with Crippen LogP contribution < -0.4 is 9.64 Å². The molecule has 0 bridgehead atoms. The summed E-state index contributed by atoms with van der Waals surface area (Å²) in [6.07, 6.45) is 10.8. The van der Waals surface area contributed by atoms with Crippen molar-refractivity contribution in [3.63, 3.8) is 0 Å². The zero-order valence-electron chi connectivity index (χ0n) is 14.7. The molecule has 3 aromatic rings. The summed E-state index contributed by atoms with van der Waals surface area (Å²) in [7, 11) is 0. The second kappa shape index (κ2) is 6.79. The molecule has 3 aromatic carbocycles. The van der Waals surface area contributed by atoms with Gasteiger partial charge in [-0.1, -0.05) is 24.0 Å². The Hall–Kier alpha value is -4.28.